The Bertz CT molecular complexity index is 338. The predicted octanol–water partition coefficient (Wildman–Crippen LogP) is 3.38. The number of nitrogens with one attached hydrogen (secondary N) is 1. The highest BCUT2D eigenvalue weighted by molar-refractivity contribution is 5.42. The second-order valence-electron chi connectivity index (χ2n) is 4.91. The summed E-state index contributed by atoms with van der Waals surface area (Å²) in [4.78, 5) is 6.93. The van der Waals surface area contributed by atoms with E-state index in [4.69, 9.17) is 0 Å². The third-order valence-electron chi connectivity index (χ3n) is 3.30. The molecular formula is C15H27N3. The summed E-state index contributed by atoms with van der Waals surface area (Å²) in [6.07, 6.45) is 3.13. The van der Waals surface area contributed by atoms with Gasteiger partial charge in [-0.25, -0.2) is 0 Å². The summed E-state index contributed by atoms with van der Waals surface area (Å²) in [6, 6.07) is 4.18. The number of hydrogen-bond donors (Lipinski definition) is 1. The SMILES string of the molecule is CCNc1ccnc(CN(CC)CC(C)CC)c1. The Morgan fingerprint density at radius 3 is 2.72 bits per heavy atom. The number of nitrogens with zero attached hydrogens (tertiary/aromatic N) is 2. The van der Waals surface area contributed by atoms with E-state index < -0.39 is 0 Å². The van der Waals surface area contributed by atoms with E-state index in [-0.39, 0.29) is 0 Å². The fourth-order valence-corrected chi connectivity index (χ4v) is 1.98. The Morgan fingerprint density at radius 1 is 1.33 bits per heavy atom. The standard InChI is InChI=1S/C15H27N3/c1-5-13(4)11-18(7-3)12-15-10-14(16-6-2)8-9-17-15/h8-10,13H,5-7,11-12H2,1-4H3,(H,16,17). The molecule has 3 nitrogen and oxygen atoms in total. The van der Waals surface area contributed by atoms with Crippen LogP contribution in [0.5, 0.6) is 0 Å². The minimum atomic E-state index is 0.752. The van der Waals surface area contributed by atoms with Crippen molar-refractivity contribution < 1.29 is 0 Å². The lowest BCUT2D eigenvalue weighted by molar-refractivity contribution is 0.235. The molecule has 0 fully saturated rings. The van der Waals surface area contributed by atoms with Crippen molar-refractivity contribution in [2.24, 2.45) is 5.92 Å². The Morgan fingerprint density at radius 2 is 2.11 bits per heavy atom. The molecule has 1 rings (SSSR count). The van der Waals surface area contributed by atoms with Crippen molar-refractivity contribution in [2.75, 3.05) is 25.0 Å². The van der Waals surface area contributed by atoms with Crippen molar-refractivity contribution in [3.63, 3.8) is 0 Å². The van der Waals surface area contributed by atoms with Gasteiger partial charge in [0.1, 0.15) is 0 Å². The fourth-order valence-electron chi connectivity index (χ4n) is 1.98. The van der Waals surface area contributed by atoms with Gasteiger partial charge >= 0.3 is 0 Å². The molecule has 1 aromatic rings. The van der Waals surface area contributed by atoms with Gasteiger partial charge in [0.25, 0.3) is 0 Å². The monoisotopic (exact) mass is 249 g/mol. The number of hydrogen-bond acceptors (Lipinski definition) is 3. The molecule has 3 heteroatoms. The lowest BCUT2D eigenvalue weighted by Gasteiger charge is -2.23. The summed E-state index contributed by atoms with van der Waals surface area (Å²) in [5.74, 6) is 0.752. The van der Waals surface area contributed by atoms with E-state index >= 15 is 0 Å². The highest BCUT2D eigenvalue weighted by atomic mass is 15.1. The van der Waals surface area contributed by atoms with Crippen LogP contribution in [0.4, 0.5) is 5.69 Å². The molecular weight excluding hydrogens is 222 g/mol. The smallest absolute Gasteiger partial charge is 0.0564 e. The molecule has 0 aliphatic heterocycles. The van der Waals surface area contributed by atoms with Gasteiger partial charge in [0.05, 0.1) is 5.69 Å². The first kappa shape index (κ1) is 15.0. The van der Waals surface area contributed by atoms with Crippen molar-refractivity contribution in [1.82, 2.24) is 9.88 Å². The van der Waals surface area contributed by atoms with E-state index in [1.165, 1.54) is 12.1 Å². The van der Waals surface area contributed by atoms with Crippen molar-refractivity contribution in [3.05, 3.63) is 24.0 Å². The van der Waals surface area contributed by atoms with Gasteiger partial charge in [0, 0.05) is 31.5 Å². The Hall–Kier alpha value is -1.09. The molecule has 0 spiro atoms. The molecule has 1 N–H and O–H groups in total. The summed E-state index contributed by atoms with van der Waals surface area (Å²) in [7, 11) is 0. The summed E-state index contributed by atoms with van der Waals surface area (Å²) in [6.45, 7) is 13.0. The average Bonchev–Trinajstić information content (AvgIpc) is 2.38. The van der Waals surface area contributed by atoms with Gasteiger partial charge in [-0.05, 0) is 31.5 Å². The van der Waals surface area contributed by atoms with Gasteiger partial charge < -0.3 is 5.32 Å². The molecule has 0 aliphatic rings. The van der Waals surface area contributed by atoms with Crippen LogP contribution in [0.15, 0.2) is 18.3 Å². The minimum Gasteiger partial charge on any atom is -0.385 e. The zero-order valence-electron chi connectivity index (χ0n) is 12.2. The van der Waals surface area contributed by atoms with Crippen LogP contribution in [0, 0.1) is 5.92 Å². The second kappa shape index (κ2) is 8.09. The maximum Gasteiger partial charge on any atom is 0.0564 e. The van der Waals surface area contributed by atoms with E-state index in [9.17, 15) is 0 Å². The molecule has 0 radical (unpaired) electrons. The van der Waals surface area contributed by atoms with Crippen LogP contribution < -0.4 is 5.32 Å². The molecule has 18 heavy (non-hydrogen) atoms. The minimum absolute atomic E-state index is 0.752. The molecule has 0 aromatic carbocycles. The van der Waals surface area contributed by atoms with Crippen LogP contribution in [-0.2, 0) is 6.54 Å². The first-order valence-electron chi connectivity index (χ1n) is 7.10. The number of rotatable bonds is 8. The van der Waals surface area contributed by atoms with E-state index in [1.807, 2.05) is 12.3 Å². The lowest BCUT2D eigenvalue weighted by atomic mass is 10.1. The van der Waals surface area contributed by atoms with Gasteiger partial charge in [-0.3, -0.25) is 9.88 Å². The van der Waals surface area contributed by atoms with Crippen LogP contribution in [-0.4, -0.2) is 29.5 Å². The van der Waals surface area contributed by atoms with Gasteiger partial charge in [-0.2, -0.15) is 0 Å². The fraction of sp³-hybridized carbons (Fsp3) is 0.667. The van der Waals surface area contributed by atoms with Crippen LogP contribution in [0.1, 0.15) is 39.8 Å². The van der Waals surface area contributed by atoms with E-state index in [0.29, 0.717) is 0 Å². The molecule has 0 saturated carbocycles. The molecule has 0 saturated heterocycles. The first-order valence-corrected chi connectivity index (χ1v) is 7.10. The Labute approximate surface area is 112 Å². The molecule has 1 aromatic heterocycles. The van der Waals surface area contributed by atoms with Crippen LogP contribution >= 0.6 is 0 Å². The highest BCUT2D eigenvalue weighted by Gasteiger charge is 2.08. The summed E-state index contributed by atoms with van der Waals surface area (Å²) in [5, 5.41) is 3.33. The summed E-state index contributed by atoms with van der Waals surface area (Å²) >= 11 is 0. The Kier molecular flexibility index (Phi) is 6.73. The normalized spacial score (nSPS) is 12.7. The molecule has 0 bridgehead atoms. The maximum atomic E-state index is 4.46. The number of pyridine rings is 1. The van der Waals surface area contributed by atoms with Crippen molar-refractivity contribution >= 4 is 5.69 Å². The van der Waals surface area contributed by atoms with Crippen molar-refractivity contribution in [3.8, 4) is 0 Å². The molecule has 1 atom stereocenters. The molecule has 102 valence electrons. The summed E-state index contributed by atoms with van der Waals surface area (Å²) in [5.41, 5.74) is 2.32. The highest BCUT2D eigenvalue weighted by Crippen LogP contribution is 2.11. The van der Waals surface area contributed by atoms with Crippen molar-refractivity contribution in [1.29, 1.82) is 0 Å². The first-order chi connectivity index (χ1) is 8.69. The topological polar surface area (TPSA) is 28.2 Å². The zero-order chi connectivity index (χ0) is 13.4. The number of anilines is 1. The maximum absolute atomic E-state index is 4.46. The van der Waals surface area contributed by atoms with E-state index in [2.05, 4.69) is 49.0 Å². The quantitative estimate of drug-likeness (QED) is 0.765. The third kappa shape index (κ3) is 5.05. The van der Waals surface area contributed by atoms with Gasteiger partial charge in [-0.15, -0.1) is 0 Å². The van der Waals surface area contributed by atoms with Crippen molar-refractivity contribution in [2.45, 2.75) is 40.7 Å². The van der Waals surface area contributed by atoms with Gasteiger partial charge in [0.15, 0.2) is 0 Å². The second-order valence-corrected chi connectivity index (χ2v) is 4.91. The lowest BCUT2D eigenvalue weighted by Crippen LogP contribution is -2.28. The Balaban J connectivity index is 2.60. The molecule has 0 aliphatic carbocycles. The molecule has 0 amide bonds. The van der Waals surface area contributed by atoms with E-state index in [1.54, 1.807) is 0 Å². The number of aromatic nitrogens is 1. The van der Waals surface area contributed by atoms with Crippen LogP contribution in [0.25, 0.3) is 0 Å². The average molecular weight is 249 g/mol. The molecule has 1 unspecified atom stereocenters. The molecule has 1 heterocycles. The zero-order valence-corrected chi connectivity index (χ0v) is 12.2. The predicted molar refractivity (Wildman–Crippen MR) is 78.8 cm³/mol. The van der Waals surface area contributed by atoms with E-state index in [0.717, 1.165) is 37.8 Å². The van der Waals surface area contributed by atoms with Gasteiger partial charge in [-0.1, -0.05) is 27.2 Å². The third-order valence-corrected chi connectivity index (χ3v) is 3.30. The van der Waals surface area contributed by atoms with Crippen LogP contribution in [0.2, 0.25) is 0 Å². The van der Waals surface area contributed by atoms with Gasteiger partial charge in [0.2, 0.25) is 0 Å². The van der Waals surface area contributed by atoms with Crippen LogP contribution in [0.3, 0.4) is 0 Å². The largest absolute Gasteiger partial charge is 0.385 e. The summed E-state index contributed by atoms with van der Waals surface area (Å²) < 4.78 is 0.